The van der Waals surface area contributed by atoms with Gasteiger partial charge in [0, 0.05) is 30.1 Å². The monoisotopic (exact) mass is 276 g/mol. The van der Waals surface area contributed by atoms with Gasteiger partial charge in [0.1, 0.15) is 0 Å². The molecule has 1 aromatic carbocycles. The van der Waals surface area contributed by atoms with Crippen LogP contribution in [0.5, 0.6) is 0 Å². The summed E-state index contributed by atoms with van der Waals surface area (Å²) >= 11 is 1.79. The van der Waals surface area contributed by atoms with Crippen molar-refractivity contribution in [2.24, 2.45) is 0 Å². The predicted octanol–water partition coefficient (Wildman–Crippen LogP) is 3.34. The van der Waals surface area contributed by atoms with Crippen molar-refractivity contribution >= 4 is 23.2 Å². The fourth-order valence-corrected chi connectivity index (χ4v) is 2.93. The lowest BCUT2D eigenvalue weighted by Crippen LogP contribution is -2.34. The first kappa shape index (κ1) is 15.6. The molecule has 19 heavy (non-hydrogen) atoms. The number of Topliss-reactive ketones (excluding diaryl/α,β-unsaturated/α-hetero) is 1. The molecule has 0 saturated carbocycles. The highest BCUT2D eigenvalue weighted by atomic mass is 32.2. The summed E-state index contributed by atoms with van der Waals surface area (Å²) in [5, 5.41) is 9.01. The third kappa shape index (κ3) is 3.74. The number of nitriles is 1. The molecule has 0 N–H and O–H groups in total. The molecule has 3 nitrogen and oxygen atoms in total. The van der Waals surface area contributed by atoms with E-state index in [-0.39, 0.29) is 5.78 Å². The number of carbonyl (C=O) groups is 1. The molecule has 102 valence electrons. The Kier molecular flexibility index (Phi) is 5.91. The number of rotatable bonds is 6. The van der Waals surface area contributed by atoms with Crippen molar-refractivity contribution in [2.75, 3.05) is 24.0 Å². The Labute approximate surface area is 119 Å². The van der Waals surface area contributed by atoms with E-state index in [1.54, 1.807) is 36.9 Å². The zero-order valence-electron chi connectivity index (χ0n) is 11.9. The first-order valence-electron chi connectivity index (χ1n) is 6.32. The summed E-state index contributed by atoms with van der Waals surface area (Å²) < 4.78 is 0. The Balaban J connectivity index is 3.22. The van der Waals surface area contributed by atoms with Crippen molar-refractivity contribution in [3.63, 3.8) is 0 Å². The predicted molar refractivity (Wildman–Crippen MR) is 82.0 cm³/mol. The Hall–Kier alpha value is -1.47. The van der Waals surface area contributed by atoms with E-state index >= 15 is 0 Å². The summed E-state index contributed by atoms with van der Waals surface area (Å²) in [6.07, 6.45) is 3.08. The maximum absolute atomic E-state index is 11.7. The number of ketones is 1. The van der Waals surface area contributed by atoms with Crippen molar-refractivity contribution in [3.05, 3.63) is 29.3 Å². The summed E-state index contributed by atoms with van der Waals surface area (Å²) in [5.74, 6) is 1.03. The van der Waals surface area contributed by atoms with E-state index in [0.29, 0.717) is 17.2 Å². The molecule has 0 spiro atoms. The van der Waals surface area contributed by atoms with Crippen LogP contribution in [0.15, 0.2) is 18.2 Å². The van der Waals surface area contributed by atoms with Crippen molar-refractivity contribution < 1.29 is 4.79 Å². The Morgan fingerprint density at radius 3 is 2.68 bits per heavy atom. The van der Waals surface area contributed by atoms with Gasteiger partial charge in [-0.2, -0.15) is 17.0 Å². The van der Waals surface area contributed by atoms with Crippen LogP contribution in [0.2, 0.25) is 0 Å². The van der Waals surface area contributed by atoms with E-state index < -0.39 is 0 Å². The molecule has 0 heterocycles. The van der Waals surface area contributed by atoms with E-state index in [0.717, 1.165) is 17.9 Å². The van der Waals surface area contributed by atoms with Gasteiger partial charge in [-0.1, -0.05) is 6.92 Å². The number of hydrogen-bond donors (Lipinski definition) is 0. The van der Waals surface area contributed by atoms with Crippen molar-refractivity contribution in [1.29, 1.82) is 5.26 Å². The van der Waals surface area contributed by atoms with Gasteiger partial charge in [0.25, 0.3) is 0 Å². The molecule has 1 rings (SSSR count). The number of anilines is 1. The van der Waals surface area contributed by atoms with Gasteiger partial charge < -0.3 is 4.90 Å². The minimum Gasteiger partial charge on any atom is -0.370 e. The van der Waals surface area contributed by atoms with Crippen LogP contribution in [-0.4, -0.2) is 30.9 Å². The molecule has 0 aliphatic rings. The molecular weight excluding hydrogens is 256 g/mol. The van der Waals surface area contributed by atoms with Crippen LogP contribution >= 0.6 is 11.8 Å². The quantitative estimate of drug-likeness (QED) is 0.747. The summed E-state index contributed by atoms with van der Waals surface area (Å²) in [7, 11) is 1.99. The molecule has 0 aliphatic carbocycles. The van der Waals surface area contributed by atoms with E-state index in [1.165, 1.54) is 0 Å². The highest BCUT2D eigenvalue weighted by Gasteiger charge is 2.18. The topological polar surface area (TPSA) is 44.1 Å². The Morgan fingerprint density at radius 2 is 2.21 bits per heavy atom. The van der Waals surface area contributed by atoms with Crippen LogP contribution in [0, 0.1) is 11.3 Å². The average Bonchev–Trinajstić information content (AvgIpc) is 2.43. The minimum absolute atomic E-state index is 0.0327. The zero-order valence-corrected chi connectivity index (χ0v) is 12.8. The first-order chi connectivity index (χ1) is 9.04. The summed E-state index contributed by atoms with van der Waals surface area (Å²) in [6.45, 7) is 3.70. The average molecular weight is 276 g/mol. The molecule has 0 radical (unpaired) electrons. The number of benzene rings is 1. The fraction of sp³-hybridized carbons (Fsp3) is 0.467. The van der Waals surface area contributed by atoms with E-state index in [1.807, 2.05) is 7.05 Å². The van der Waals surface area contributed by atoms with E-state index in [2.05, 4.69) is 24.1 Å². The van der Waals surface area contributed by atoms with Crippen LogP contribution in [0.25, 0.3) is 0 Å². The maximum Gasteiger partial charge on any atom is 0.161 e. The third-order valence-corrected chi connectivity index (χ3v) is 3.98. The van der Waals surface area contributed by atoms with Crippen LogP contribution in [-0.2, 0) is 0 Å². The lowest BCUT2D eigenvalue weighted by molar-refractivity contribution is 0.101. The van der Waals surface area contributed by atoms with Gasteiger partial charge in [-0.25, -0.2) is 0 Å². The van der Waals surface area contributed by atoms with Gasteiger partial charge in [-0.05, 0) is 37.8 Å². The lowest BCUT2D eigenvalue weighted by atomic mass is 10.0. The smallest absolute Gasteiger partial charge is 0.161 e. The van der Waals surface area contributed by atoms with Crippen LogP contribution in [0.4, 0.5) is 5.69 Å². The molecule has 1 atom stereocenters. The summed E-state index contributed by atoms with van der Waals surface area (Å²) in [6, 6.07) is 7.75. The SMILES string of the molecule is CCC(CSC)N(C)c1cc(C#N)ccc1C(C)=O. The van der Waals surface area contributed by atoms with Gasteiger partial charge in [0.2, 0.25) is 0 Å². The van der Waals surface area contributed by atoms with Crippen molar-refractivity contribution in [2.45, 2.75) is 26.3 Å². The molecule has 4 heteroatoms. The maximum atomic E-state index is 11.7. The molecule has 0 amide bonds. The van der Waals surface area contributed by atoms with Gasteiger partial charge in [0.15, 0.2) is 5.78 Å². The second-order valence-corrected chi connectivity index (χ2v) is 5.44. The van der Waals surface area contributed by atoms with E-state index in [4.69, 9.17) is 5.26 Å². The third-order valence-electron chi connectivity index (χ3n) is 3.26. The van der Waals surface area contributed by atoms with Gasteiger partial charge in [-0.15, -0.1) is 0 Å². The van der Waals surface area contributed by atoms with E-state index in [9.17, 15) is 4.79 Å². The molecule has 0 aliphatic heterocycles. The highest BCUT2D eigenvalue weighted by molar-refractivity contribution is 7.98. The summed E-state index contributed by atoms with van der Waals surface area (Å²) in [5.41, 5.74) is 2.12. The molecule has 0 aromatic heterocycles. The molecule has 0 saturated heterocycles. The normalized spacial score (nSPS) is 11.7. The zero-order chi connectivity index (χ0) is 14.4. The number of carbonyl (C=O) groups excluding carboxylic acids is 1. The van der Waals surface area contributed by atoms with Crippen molar-refractivity contribution in [1.82, 2.24) is 0 Å². The Bertz CT molecular complexity index is 493. The van der Waals surface area contributed by atoms with Crippen LogP contribution in [0.3, 0.4) is 0 Å². The lowest BCUT2D eigenvalue weighted by Gasteiger charge is -2.30. The molecule has 1 unspecified atom stereocenters. The second kappa shape index (κ2) is 7.20. The molecule has 1 aromatic rings. The standard InChI is InChI=1S/C15H20N2OS/c1-5-13(10-19-4)17(3)15-8-12(9-16)6-7-14(15)11(2)18/h6-8,13H,5,10H2,1-4H3. The second-order valence-electron chi connectivity index (χ2n) is 4.53. The summed E-state index contributed by atoms with van der Waals surface area (Å²) in [4.78, 5) is 13.8. The molecule has 0 fully saturated rings. The van der Waals surface area contributed by atoms with Crippen molar-refractivity contribution in [3.8, 4) is 6.07 Å². The van der Waals surface area contributed by atoms with Crippen LogP contribution < -0.4 is 4.90 Å². The molecular formula is C15H20N2OS. The number of hydrogen-bond acceptors (Lipinski definition) is 4. The van der Waals surface area contributed by atoms with Gasteiger partial charge in [-0.3, -0.25) is 4.79 Å². The van der Waals surface area contributed by atoms with Crippen LogP contribution in [0.1, 0.15) is 36.2 Å². The largest absolute Gasteiger partial charge is 0.370 e. The highest BCUT2D eigenvalue weighted by Crippen LogP contribution is 2.25. The van der Waals surface area contributed by atoms with Gasteiger partial charge >= 0.3 is 0 Å². The minimum atomic E-state index is 0.0327. The number of nitrogens with zero attached hydrogens (tertiary/aromatic N) is 2. The Morgan fingerprint density at radius 1 is 1.53 bits per heavy atom. The first-order valence-corrected chi connectivity index (χ1v) is 7.71. The van der Waals surface area contributed by atoms with Gasteiger partial charge in [0.05, 0.1) is 11.6 Å². The fourth-order valence-electron chi connectivity index (χ4n) is 2.08. The number of thioether (sulfide) groups is 1. The molecule has 0 bridgehead atoms.